The first-order chi connectivity index (χ1) is 13.6. The molecule has 0 spiro atoms. The maximum absolute atomic E-state index is 12.4. The smallest absolute Gasteiger partial charge is 0.264 e. The molecule has 2 aromatic heterocycles. The van der Waals surface area contributed by atoms with Gasteiger partial charge in [-0.1, -0.05) is 6.07 Å². The predicted octanol–water partition coefficient (Wildman–Crippen LogP) is 0.650. The van der Waals surface area contributed by atoms with Crippen LogP contribution in [-0.2, 0) is 24.8 Å². The Bertz CT molecular complexity index is 1070. The van der Waals surface area contributed by atoms with E-state index in [2.05, 4.69) is 15.4 Å². The number of benzene rings is 1. The van der Waals surface area contributed by atoms with Crippen molar-refractivity contribution in [2.75, 3.05) is 19.8 Å². The van der Waals surface area contributed by atoms with E-state index in [9.17, 15) is 9.59 Å². The molecule has 4 rings (SSSR count). The highest BCUT2D eigenvalue weighted by atomic mass is 16.6. The maximum Gasteiger partial charge on any atom is 0.264 e. The number of rotatable bonds is 6. The Labute approximate surface area is 160 Å². The molecule has 1 aromatic carbocycles. The van der Waals surface area contributed by atoms with Crippen molar-refractivity contribution < 1.29 is 14.3 Å². The lowest BCUT2D eigenvalue weighted by Gasteiger charge is -2.18. The predicted molar refractivity (Wildman–Crippen MR) is 102 cm³/mol. The Kier molecular flexibility index (Phi) is 4.96. The van der Waals surface area contributed by atoms with Crippen molar-refractivity contribution in [1.82, 2.24) is 24.6 Å². The van der Waals surface area contributed by atoms with Crippen LogP contribution in [0.15, 0.2) is 35.5 Å². The van der Waals surface area contributed by atoms with Gasteiger partial charge in [0.1, 0.15) is 18.6 Å². The Morgan fingerprint density at radius 1 is 1.25 bits per heavy atom. The molecule has 1 aliphatic rings. The van der Waals surface area contributed by atoms with Crippen LogP contribution in [0.1, 0.15) is 12.0 Å². The van der Waals surface area contributed by atoms with Crippen molar-refractivity contribution in [2.24, 2.45) is 7.05 Å². The Balaban J connectivity index is 1.28. The van der Waals surface area contributed by atoms with Crippen molar-refractivity contribution in [3.63, 3.8) is 0 Å². The number of nitrogens with zero attached hydrogens (tertiary/aromatic N) is 4. The van der Waals surface area contributed by atoms with Gasteiger partial charge in [0.2, 0.25) is 5.91 Å². The number of carbonyl (C=O) groups is 1. The number of amides is 1. The minimum Gasteiger partial charge on any atom is -0.486 e. The van der Waals surface area contributed by atoms with Gasteiger partial charge in [0.25, 0.3) is 5.56 Å². The van der Waals surface area contributed by atoms with Gasteiger partial charge in [0.05, 0.1) is 12.5 Å². The van der Waals surface area contributed by atoms with E-state index in [1.54, 1.807) is 11.7 Å². The minimum absolute atomic E-state index is 0.115. The van der Waals surface area contributed by atoms with Crippen LogP contribution in [0.4, 0.5) is 0 Å². The maximum atomic E-state index is 12.4. The zero-order valence-electron chi connectivity index (χ0n) is 15.6. The molecule has 0 saturated heterocycles. The summed E-state index contributed by atoms with van der Waals surface area (Å²) in [6, 6.07) is 5.79. The van der Waals surface area contributed by atoms with Crippen LogP contribution in [-0.4, -0.2) is 45.0 Å². The fourth-order valence-electron chi connectivity index (χ4n) is 3.13. The van der Waals surface area contributed by atoms with Crippen LogP contribution >= 0.6 is 0 Å². The second-order valence-corrected chi connectivity index (χ2v) is 6.58. The van der Waals surface area contributed by atoms with E-state index in [1.807, 2.05) is 18.2 Å². The molecule has 0 bridgehead atoms. The highest BCUT2D eigenvalue weighted by Gasteiger charge is 2.12. The van der Waals surface area contributed by atoms with Crippen LogP contribution in [0.5, 0.6) is 11.5 Å². The fraction of sp³-hybridized carbons (Fsp3) is 0.368. The van der Waals surface area contributed by atoms with Crippen LogP contribution in [0.25, 0.3) is 11.0 Å². The van der Waals surface area contributed by atoms with Gasteiger partial charge in [-0.15, -0.1) is 0 Å². The molecule has 9 nitrogen and oxygen atoms in total. The SMILES string of the molecule is Cn1ncc2c(=O)n(CCC(=O)NCCc3ccc4c(c3)OCCO4)cnc21. The summed E-state index contributed by atoms with van der Waals surface area (Å²) in [6.07, 6.45) is 3.84. The van der Waals surface area contributed by atoms with Gasteiger partial charge in [0, 0.05) is 26.6 Å². The summed E-state index contributed by atoms with van der Waals surface area (Å²) in [5.41, 5.74) is 1.40. The standard InChI is InChI=1S/C19H21N5O4/c1-23-18-14(11-22-23)19(26)24(12-21-18)7-5-17(25)20-6-4-13-2-3-15-16(10-13)28-9-8-27-15/h2-3,10-12H,4-9H2,1H3,(H,20,25). The van der Waals surface area contributed by atoms with E-state index < -0.39 is 0 Å². The summed E-state index contributed by atoms with van der Waals surface area (Å²) in [6.45, 7) is 1.89. The third-order valence-electron chi connectivity index (χ3n) is 4.64. The highest BCUT2D eigenvalue weighted by molar-refractivity contribution is 5.76. The molecule has 1 amide bonds. The van der Waals surface area contributed by atoms with E-state index in [0.29, 0.717) is 37.2 Å². The van der Waals surface area contributed by atoms with Gasteiger partial charge < -0.3 is 14.8 Å². The van der Waals surface area contributed by atoms with Crippen LogP contribution in [0, 0.1) is 0 Å². The van der Waals surface area contributed by atoms with Crippen molar-refractivity contribution in [2.45, 2.75) is 19.4 Å². The average molecular weight is 383 g/mol. The first-order valence-electron chi connectivity index (χ1n) is 9.14. The number of nitrogens with one attached hydrogen (secondary N) is 1. The lowest BCUT2D eigenvalue weighted by Crippen LogP contribution is -2.29. The Hall–Kier alpha value is -3.36. The number of carbonyl (C=O) groups excluding carboxylic acids is 1. The second kappa shape index (κ2) is 7.71. The molecule has 0 radical (unpaired) electrons. The molecule has 1 N–H and O–H groups in total. The molecule has 0 fully saturated rings. The van der Waals surface area contributed by atoms with Gasteiger partial charge in [-0.2, -0.15) is 5.10 Å². The minimum atomic E-state index is -0.192. The van der Waals surface area contributed by atoms with Crippen molar-refractivity contribution in [1.29, 1.82) is 0 Å². The third kappa shape index (κ3) is 3.68. The zero-order valence-corrected chi connectivity index (χ0v) is 15.6. The van der Waals surface area contributed by atoms with E-state index in [4.69, 9.17) is 9.47 Å². The molecule has 0 atom stereocenters. The van der Waals surface area contributed by atoms with E-state index in [0.717, 1.165) is 17.1 Å². The molecule has 0 unspecified atom stereocenters. The Morgan fingerprint density at radius 3 is 2.93 bits per heavy atom. The normalized spacial score (nSPS) is 12.9. The van der Waals surface area contributed by atoms with Crippen molar-refractivity contribution >= 4 is 16.9 Å². The summed E-state index contributed by atoms with van der Waals surface area (Å²) < 4.78 is 14.0. The van der Waals surface area contributed by atoms with Gasteiger partial charge in [-0.25, -0.2) is 4.98 Å². The van der Waals surface area contributed by atoms with E-state index >= 15 is 0 Å². The van der Waals surface area contributed by atoms with Gasteiger partial charge in [0.15, 0.2) is 17.1 Å². The lowest BCUT2D eigenvalue weighted by atomic mass is 10.1. The molecule has 0 aliphatic carbocycles. The molecule has 146 valence electrons. The number of aryl methyl sites for hydroxylation is 2. The molecular formula is C19H21N5O4. The zero-order chi connectivity index (χ0) is 19.5. The first-order valence-corrected chi connectivity index (χ1v) is 9.14. The van der Waals surface area contributed by atoms with Crippen molar-refractivity contribution in [3.05, 3.63) is 46.6 Å². The van der Waals surface area contributed by atoms with Crippen LogP contribution < -0.4 is 20.3 Å². The summed E-state index contributed by atoms with van der Waals surface area (Å²) in [7, 11) is 1.73. The monoisotopic (exact) mass is 383 g/mol. The first kappa shape index (κ1) is 18.0. The molecule has 28 heavy (non-hydrogen) atoms. The summed E-state index contributed by atoms with van der Waals surface area (Å²) in [4.78, 5) is 28.7. The highest BCUT2D eigenvalue weighted by Crippen LogP contribution is 2.30. The molecule has 0 saturated carbocycles. The van der Waals surface area contributed by atoms with Gasteiger partial charge in [-0.3, -0.25) is 18.8 Å². The second-order valence-electron chi connectivity index (χ2n) is 6.58. The van der Waals surface area contributed by atoms with Gasteiger partial charge >= 0.3 is 0 Å². The summed E-state index contributed by atoms with van der Waals surface area (Å²) in [5, 5.41) is 7.36. The lowest BCUT2D eigenvalue weighted by molar-refractivity contribution is -0.121. The number of aromatic nitrogens is 4. The number of fused-ring (bicyclic) bond motifs is 2. The summed E-state index contributed by atoms with van der Waals surface area (Å²) in [5.74, 6) is 1.38. The van der Waals surface area contributed by atoms with Gasteiger partial charge in [-0.05, 0) is 24.1 Å². The molecule has 3 aromatic rings. The molecule has 1 aliphatic heterocycles. The number of ether oxygens (including phenoxy) is 2. The average Bonchev–Trinajstić information content (AvgIpc) is 3.09. The topological polar surface area (TPSA) is 100 Å². The van der Waals surface area contributed by atoms with Crippen LogP contribution in [0.2, 0.25) is 0 Å². The van der Waals surface area contributed by atoms with E-state index in [1.165, 1.54) is 17.1 Å². The fourth-order valence-corrected chi connectivity index (χ4v) is 3.13. The van der Waals surface area contributed by atoms with Crippen LogP contribution in [0.3, 0.4) is 0 Å². The van der Waals surface area contributed by atoms with E-state index in [-0.39, 0.29) is 24.4 Å². The molecule has 9 heteroatoms. The molecular weight excluding hydrogens is 362 g/mol. The quantitative estimate of drug-likeness (QED) is 0.671. The van der Waals surface area contributed by atoms with Crippen molar-refractivity contribution in [3.8, 4) is 11.5 Å². The number of hydrogen-bond acceptors (Lipinski definition) is 6. The Morgan fingerprint density at radius 2 is 2.07 bits per heavy atom. The third-order valence-corrected chi connectivity index (χ3v) is 4.64. The number of hydrogen-bond donors (Lipinski definition) is 1. The molecule has 3 heterocycles. The summed E-state index contributed by atoms with van der Waals surface area (Å²) >= 11 is 0. The largest absolute Gasteiger partial charge is 0.486 e.